The molecule has 6 heteroatoms. The van der Waals surface area contributed by atoms with Crippen molar-refractivity contribution in [3.05, 3.63) is 27.4 Å². The van der Waals surface area contributed by atoms with E-state index in [1.807, 2.05) is 17.9 Å². The van der Waals surface area contributed by atoms with Crippen LogP contribution in [0, 0.1) is 0 Å². The van der Waals surface area contributed by atoms with Crippen molar-refractivity contribution in [3.8, 4) is 0 Å². The lowest BCUT2D eigenvalue weighted by Gasteiger charge is -2.06. The number of hydrogen-bond donors (Lipinski definition) is 1. The zero-order valence-corrected chi connectivity index (χ0v) is 11.6. The lowest BCUT2D eigenvalue weighted by molar-refractivity contribution is 0.713. The number of nitrogens with one attached hydrogen (secondary N) is 1. The third-order valence-electron chi connectivity index (χ3n) is 2.36. The Bertz CT molecular complexity index is 503. The molecule has 0 aliphatic carbocycles. The van der Waals surface area contributed by atoms with Crippen molar-refractivity contribution in [3.63, 3.8) is 0 Å². The molecule has 0 fully saturated rings. The van der Waals surface area contributed by atoms with Crippen LogP contribution < -0.4 is 5.32 Å². The molecule has 4 nitrogen and oxygen atoms in total. The molecule has 2 rings (SSSR count). The van der Waals surface area contributed by atoms with Gasteiger partial charge in [-0.15, -0.1) is 11.3 Å². The molecule has 2 aromatic rings. The molecular weight excluding hydrogens is 256 g/mol. The van der Waals surface area contributed by atoms with Gasteiger partial charge in [0.25, 0.3) is 0 Å². The Morgan fingerprint density at radius 2 is 2.29 bits per heavy atom. The molecule has 0 amide bonds. The number of hydrogen-bond acceptors (Lipinski definition) is 4. The van der Waals surface area contributed by atoms with Gasteiger partial charge in [-0.25, -0.2) is 4.98 Å². The first kappa shape index (κ1) is 12.4. The molecule has 0 saturated heterocycles. The Morgan fingerprint density at radius 1 is 1.53 bits per heavy atom. The van der Waals surface area contributed by atoms with Crippen LogP contribution in [0.2, 0.25) is 4.34 Å². The van der Waals surface area contributed by atoms with Gasteiger partial charge in [-0.2, -0.15) is 5.10 Å². The summed E-state index contributed by atoms with van der Waals surface area (Å²) in [6.07, 6.45) is 3.67. The van der Waals surface area contributed by atoms with E-state index in [2.05, 4.69) is 29.2 Å². The van der Waals surface area contributed by atoms with Crippen molar-refractivity contribution >= 4 is 28.6 Å². The molecule has 0 unspecified atom stereocenters. The number of thiazole rings is 1. The minimum atomic E-state index is 0.401. The number of aromatic nitrogens is 3. The van der Waals surface area contributed by atoms with Gasteiger partial charge >= 0.3 is 0 Å². The number of halogens is 1. The second-order valence-corrected chi connectivity index (χ2v) is 5.91. The third kappa shape index (κ3) is 2.98. The van der Waals surface area contributed by atoms with E-state index in [1.165, 1.54) is 11.3 Å². The van der Waals surface area contributed by atoms with E-state index >= 15 is 0 Å². The van der Waals surface area contributed by atoms with E-state index in [0.29, 0.717) is 12.5 Å². The van der Waals surface area contributed by atoms with Gasteiger partial charge < -0.3 is 5.32 Å². The van der Waals surface area contributed by atoms with E-state index < -0.39 is 0 Å². The van der Waals surface area contributed by atoms with Crippen LogP contribution in [0.25, 0.3) is 0 Å². The van der Waals surface area contributed by atoms with Crippen LogP contribution in [0.15, 0.2) is 12.4 Å². The SMILES string of the molecule is CC(C)c1nn(C)cc1NCc1ncc(Cl)s1. The quantitative estimate of drug-likeness (QED) is 0.927. The molecular formula is C11H15ClN4S. The van der Waals surface area contributed by atoms with Gasteiger partial charge in [0.15, 0.2) is 0 Å². The molecule has 0 aliphatic rings. The lowest BCUT2D eigenvalue weighted by atomic mass is 10.1. The van der Waals surface area contributed by atoms with Gasteiger partial charge in [0.2, 0.25) is 0 Å². The number of aryl methyl sites for hydroxylation is 1. The molecule has 0 radical (unpaired) electrons. The maximum atomic E-state index is 5.84. The zero-order valence-electron chi connectivity index (χ0n) is 10.1. The number of nitrogens with zero attached hydrogens (tertiary/aromatic N) is 3. The molecule has 2 aromatic heterocycles. The van der Waals surface area contributed by atoms with Crippen LogP contribution in [0.1, 0.15) is 30.5 Å². The summed E-state index contributed by atoms with van der Waals surface area (Å²) in [5.41, 5.74) is 2.14. The first-order valence-corrected chi connectivity index (χ1v) is 6.63. The highest BCUT2D eigenvalue weighted by Gasteiger charge is 2.11. The lowest BCUT2D eigenvalue weighted by Crippen LogP contribution is -2.01. The molecule has 1 N–H and O–H groups in total. The Labute approximate surface area is 110 Å². The number of anilines is 1. The smallest absolute Gasteiger partial charge is 0.113 e. The van der Waals surface area contributed by atoms with E-state index in [9.17, 15) is 0 Å². The zero-order chi connectivity index (χ0) is 12.4. The van der Waals surface area contributed by atoms with Crippen LogP contribution in [0.5, 0.6) is 0 Å². The largest absolute Gasteiger partial charge is 0.376 e. The normalized spacial score (nSPS) is 11.1. The molecule has 2 heterocycles. The Balaban J connectivity index is 2.08. The van der Waals surface area contributed by atoms with Crippen LogP contribution in [0.3, 0.4) is 0 Å². The summed E-state index contributed by atoms with van der Waals surface area (Å²) in [5, 5.41) is 8.77. The standard InChI is InChI=1S/C11H15ClN4S/c1-7(2)11-8(6-16(3)15-11)13-5-10-14-4-9(12)17-10/h4,6-7,13H,5H2,1-3H3. The van der Waals surface area contributed by atoms with Crippen LogP contribution >= 0.6 is 22.9 Å². The Kier molecular flexibility index (Phi) is 3.69. The van der Waals surface area contributed by atoms with Crippen molar-refractivity contribution in [2.24, 2.45) is 7.05 Å². The van der Waals surface area contributed by atoms with Crippen molar-refractivity contribution in [2.75, 3.05) is 5.32 Å². The summed E-state index contributed by atoms with van der Waals surface area (Å²) in [7, 11) is 1.93. The van der Waals surface area contributed by atoms with Gasteiger partial charge in [0.1, 0.15) is 9.34 Å². The summed E-state index contributed by atoms with van der Waals surface area (Å²) >= 11 is 7.33. The highest BCUT2D eigenvalue weighted by Crippen LogP contribution is 2.24. The fourth-order valence-corrected chi connectivity index (χ4v) is 2.51. The number of rotatable bonds is 4. The van der Waals surface area contributed by atoms with Gasteiger partial charge in [-0.3, -0.25) is 4.68 Å². The highest BCUT2D eigenvalue weighted by molar-refractivity contribution is 7.15. The van der Waals surface area contributed by atoms with Crippen molar-refractivity contribution in [1.82, 2.24) is 14.8 Å². The predicted octanol–water partition coefficient (Wildman–Crippen LogP) is 3.27. The van der Waals surface area contributed by atoms with Crippen LogP contribution in [-0.4, -0.2) is 14.8 Å². The van der Waals surface area contributed by atoms with Crippen molar-refractivity contribution in [2.45, 2.75) is 26.3 Å². The predicted molar refractivity (Wildman–Crippen MR) is 71.7 cm³/mol. The molecule has 92 valence electrons. The molecule has 0 spiro atoms. The fourth-order valence-electron chi connectivity index (χ4n) is 1.61. The molecule has 0 atom stereocenters. The van der Waals surface area contributed by atoms with Gasteiger partial charge in [-0.05, 0) is 5.92 Å². The second-order valence-electron chi connectivity index (χ2n) is 4.17. The van der Waals surface area contributed by atoms with E-state index in [0.717, 1.165) is 20.7 Å². The minimum Gasteiger partial charge on any atom is -0.376 e. The van der Waals surface area contributed by atoms with Crippen LogP contribution in [-0.2, 0) is 13.6 Å². The van der Waals surface area contributed by atoms with Gasteiger partial charge in [0, 0.05) is 13.2 Å². The summed E-state index contributed by atoms with van der Waals surface area (Å²) in [4.78, 5) is 4.21. The maximum absolute atomic E-state index is 5.84. The Morgan fingerprint density at radius 3 is 2.88 bits per heavy atom. The molecule has 0 aromatic carbocycles. The summed E-state index contributed by atoms with van der Waals surface area (Å²) < 4.78 is 2.55. The summed E-state index contributed by atoms with van der Waals surface area (Å²) in [6.45, 7) is 4.95. The monoisotopic (exact) mass is 270 g/mol. The first-order valence-electron chi connectivity index (χ1n) is 5.44. The van der Waals surface area contributed by atoms with Gasteiger partial charge in [0.05, 0.1) is 24.1 Å². The van der Waals surface area contributed by atoms with E-state index in [-0.39, 0.29) is 0 Å². The average Bonchev–Trinajstić information content (AvgIpc) is 2.82. The van der Waals surface area contributed by atoms with Crippen LogP contribution in [0.4, 0.5) is 5.69 Å². The van der Waals surface area contributed by atoms with Gasteiger partial charge in [-0.1, -0.05) is 25.4 Å². The van der Waals surface area contributed by atoms with Crippen molar-refractivity contribution < 1.29 is 0 Å². The topological polar surface area (TPSA) is 42.7 Å². The van der Waals surface area contributed by atoms with Crippen molar-refractivity contribution in [1.29, 1.82) is 0 Å². The summed E-state index contributed by atoms with van der Waals surface area (Å²) in [5.74, 6) is 0.401. The van der Waals surface area contributed by atoms with E-state index in [1.54, 1.807) is 6.20 Å². The Hall–Kier alpha value is -1.07. The highest BCUT2D eigenvalue weighted by atomic mass is 35.5. The maximum Gasteiger partial charge on any atom is 0.113 e. The third-order valence-corrected chi connectivity index (χ3v) is 3.47. The molecule has 17 heavy (non-hydrogen) atoms. The second kappa shape index (κ2) is 5.06. The molecule has 0 saturated carbocycles. The fraction of sp³-hybridized carbons (Fsp3) is 0.455. The molecule has 0 aliphatic heterocycles. The first-order chi connectivity index (χ1) is 8.06. The van der Waals surface area contributed by atoms with E-state index in [4.69, 9.17) is 11.6 Å². The average molecular weight is 271 g/mol. The minimum absolute atomic E-state index is 0.401. The summed E-state index contributed by atoms with van der Waals surface area (Å²) in [6, 6.07) is 0. The molecule has 0 bridgehead atoms.